The van der Waals surface area contributed by atoms with Gasteiger partial charge in [-0.3, -0.25) is 4.55 Å². The maximum atomic E-state index is 10.3. The molecule has 0 rings (SSSR count). The lowest BCUT2D eigenvalue weighted by Crippen LogP contribution is -2.32. The van der Waals surface area contributed by atoms with Crippen molar-refractivity contribution in [2.24, 2.45) is 0 Å². The van der Waals surface area contributed by atoms with Crippen LogP contribution in [0.25, 0.3) is 0 Å². The first kappa shape index (κ1) is 8.13. The fourth-order valence-corrected chi connectivity index (χ4v) is 0. The van der Waals surface area contributed by atoms with Gasteiger partial charge < -0.3 is 0 Å². The van der Waals surface area contributed by atoms with Crippen molar-refractivity contribution in [2.45, 2.75) is 19.6 Å². The molecule has 0 aliphatic carbocycles. The van der Waals surface area contributed by atoms with Crippen LogP contribution in [0.5, 0.6) is 0 Å². The predicted octanol–water partition coefficient (Wildman–Crippen LogP) is 0.709. The van der Waals surface area contributed by atoms with Crippen molar-refractivity contribution >= 4 is 16.8 Å². The average Bonchev–Trinajstić information content (AvgIpc) is 1.25. The molecule has 0 aromatic carbocycles. The molecule has 0 atom stereocenters. The van der Waals surface area contributed by atoms with Crippen molar-refractivity contribution in [3.8, 4) is 0 Å². The summed E-state index contributed by atoms with van der Waals surface area (Å²) in [5, 5.41) is 0. The molecule has 0 aromatic heterocycles. The van der Waals surface area contributed by atoms with E-state index in [9.17, 15) is 8.42 Å². The van der Waals surface area contributed by atoms with Gasteiger partial charge >= 0.3 is 0 Å². The van der Waals surface area contributed by atoms with E-state index < -0.39 is 16.8 Å². The van der Waals surface area contributed by atoms with Gasteiger partial charge in [0.2, 0.25) is 16.8 Å². The highest BCUT2D eigenvalue weighted by Gasteiger charge is 2.29. The Balaban J connectivity index is 4.53. The molecule has 5 heteroatoms. The zero-order valence-electron chi connectivity index (χ0n) is 5.17. The van der Waals surface area contributed by atoms with Gasteiger partial charge in [-0.1, -0.05) is 19.6 Å². The van der Waals surface area contributed by atoms with Gasteiger partial charge in [0.25, 0.3) is 0 Å². The maximum Gasteiger partial charge on any atom is 0.227 e. The van der Waals surface area contributed by atoms with E-state index in [1.54, 1.807) is 19.6 Å². The molecule has 0 saturated heterocycles. The van der Waals surface area contributed by atoms with Crippen LogP contribution < -0.4 is 0 Å². The van der Waals surface area contributed by atoms with Crippen molar-refractivity contribution in [2.75, 3.05) is 0 Å². The molecule has 0 saturated carbocycles. The molecule has 0 radical (unpaired) electrons. The second-order valence-electron chi connectivity index (χ2n) is 2.59. The molecule has 1 N–H and O–H groups in total. The molecule has 3 nitrogen and oxygen atoms in total. The number of hydrogen-bond donors (Lipinski definition) is 1. The first-order valence-corrected chi connectivity index (χ1v) is 7.88. The maximum absolute atomic E-state index is 10.3. The first-order chi connectivity index (χ1) is 3.25. The fraction of sp³-hybridized carbons (Fsp3) is 1.00. The van der Waals surface area contributed by atoms with Gasteiger partial charge in [-0.2, -0.15) is 0 Å². The van der Waals surface area contributed by atoms with Crippen LogP contribution in [0.3, 0.4) is 0 Å². The zero-order chi connectivity index (χ0) is 7.00. The quantitative estimate of drug-likeness (QED) is 0.447. The van der Waals surface area contributed by atoms with Gasteiger partial charge in [0.05, 0.1) is 0 Å². The van der Waals surface area contributed by atoms with Crippen molar-refractivity contribution in [1.29, 1.82) is 0 Å². The molecular formula is C3H10O3SSi. The van der Waals surface area contributed by atoms with Crippen LogP contribution in [0.2, 0.25) is 19.6 Å². The SMILES string of the molecule is C[Si](C)(C)S(=O)(=O)O. The summed E-state index contributed by atoms with van der Waals surface area (Å²) in [4.78, 5) is 0. The van der Waals surface area contributed by atoms with Gasteiger partial charge in [-0.05, 0) is 0 Å². The molecular weight excluding hydrogens is 144 g/mol. The Morgan fingerprint density at radius 1 is 1.25 bits per heavy atom. The van der Waals surface area contributed by atoms with E-state index in [1.165, 1.54) is 0 Å². The van der Waals surface area contributed by atoms with E-state index in [4.69, 9.17) is 4.55 Å². The third-order valence-electron chi connectivity index (χ3n) is 0.774. The Kier molecular flexibility index (Phi) is 1.85. The molecule has 0 unspecified atom stereocenters. The standard InChI is InChI=1S/C3H10O3SSi/c1-8(2,3)7(4,5)6/h1-3H3,(H,4,5,6). The smallest absolute Gasteiger partial charge is 0.227 e. The van der Waals surface area contributed by atoms with Crippen molar-refractivity contribution in [3.63, 3.8) is 0 Å². The molecule has 8 heavy (non-hydrogen) atoms. The van der Waals surface area contributed by atoms with Crippen LogP contribution in [0.4, 0.5) is 0 Å². The molecule has 0 heterocycles. The molecule has 0 aliphatic heterocycles. The Hall–Kier alpha value is 0.127. The van der Waals surface area contributed by atoms with Crippen LogP contribution in [0.1, 0.15) is 0 Å². The number of rotatable bonds is 1. The molecule has 0 bridgehead atoms. The van der Waals surface area contributed by atoms with E-state index in [-0.39, 0.29) is 0 Å². The second-order valence-corrected chi connectivity index (χ2v) is 13.0. The Labute approximate surface area is 50.1 Å². The largest absolute Gasteiger partial charge is 0.291 e. The van der Waals surface area contributed by atoms with E-state index >= 15 is 0 Å². The topological polar surface area (TPSA) is 54.4 Å². The van der Waals surface area contributed by atoms with Crippen LogP contribution in [-0.4, -0.2) is 20.2 Å². The number of hydrogen-bond acceptors (Lipinski definition) is 2. The lowest BCUT2D eigenvalue weighted by Gasteiger charge is -2.08. The highest BCUT2D eigenvalue weighted by atomic mass is 32.4. The van der Waals surface area contributed by atoms with E-state index in [0.29, 0.717) is 0 Å². The normalized spacial score (nSPS) is 14.0. The van der Waals surface area contributed by atoms with E-state index in [2.05, 4.69) is 0 Å². The Morgan fingerprint density at radius 3 is 1.38 bits per heavy atom. The van der Waals surface area contributed by atoms with Crippen LogP contribution in [0, 0.1) is 0 Å². The Bertz CT molecular complexity index is 163. The second kappa shape index (κ2) is 1.82. The van der Waals surface area contributed by atoms with Gasteiger partial charge in [0.1, 0.15) is 0 Å². The van der Waals surface area contributed by atoms with Gasteiger partial charge in [-0.25, -0.2) is 8.42 Å². The molecule has 50 valence electrons. The van der Waals surface area contributed by atoms with Gasteiger partial charge in [-0.15, -0.1) is 0 Å². The first-order valence-electron chi connectivity index (χ1n) is 2.22. The van der Waals surface area contributed by atoms with Gasteiger partial charge in [0.15, 0.2) is 0 Å². The lowest BCUT2D eigenvalue weighted by atomic mass is 11.8. The molecule has 0 aliphatic rings. The average molecular weight is 154 g/mol. The minimum absolute atomic E-state index is 1.57. The van der Waals surface area contributed by atoms with Crippen LogP contribution in [0.15, 0.2) is 0 Å². The molecule has 0 amide bonds. The summed E-state index contributed by atoms with van der Waals surface area (Å²) in [6, 6.07) is 0. The summed E-state index contributed by atoms with van der Waals surface area (Å²) in [7, 11) is -6.03. The summed E-state index contributed by atoms with van der Waals surface area (Å²) >= 11 is 0. The van der Waals surface area contributed by atoms with Crippen molar-refractivity contribution in [1.82, 2.24) is 0 Å². The molecule has 0 aromatic rings. The predicted molar refractivity (Wildman–Crippen MR) is 34.9 cm³/mol. The molecule has 0 fully saturated rings. The fourth-order valence-electron chi connectivity index (χ4n) is 0. The Morgan fingerprint density at radius 2 is 1.38 bits per heavy atom. The summed E-state index contributed by atoms with van der Waals surface area (Å²) in [5.41, 5.74) is 0. The summed E-state index contributed by atoms with van der Waals surface area (Å²) < 4.78 is 28.9. The van der Waals surface area contributed by atoms with Crippen molar-refractivity contribution in [3.05, 3.63) is 0 Å². The summed E-state index contributed by atoms with van der Waals surface area (Å²) in [6.45, 7) is 4.72. The summed E-state index contributed by atoms with van der Waals surface area (Å²) in [5.74, 6) is 0. The minimum atomic E-state index is -3.70. The monoisotopic (exact) mass is 154 g/mol. The van der Waals surface area contributed by atoms with Gasteiger partial charge in [0, 0.05) is 0 Å². The minimum Gasteiger partial charge on any atom is -0.291 e. The zero-order valence-corrected chi connectivity index (χ0v) is 6.99. The highest BCUT2D eigenvalue weighted by Crippen LogP contribution is 2.07. The van der Waals surface area contributed by atoms with E-state index in [0.717, 1.165) is 0 Å². The highest BCUT2D eigenvalue weighted by molar-refractivity contribution is 8.17. The molecule has 0 spiro atoms. The summed E-state index contributed by atoms with van der Waals surface area (Å²) in [6.07, 6.45) is 0. The van der Waals surface area contributed by atoms with Crippen molar-refractivity contribution < 1.29 is 13.0 Å². The van der Waals surface area contributed by atoms with Crippen LogP contribution >= 0.6 is 0 Å². The third-order valence-corrected chi connectivity index (χ3v) is 6.96. The third kappa shape index (κ3) is 1.93. The van der Waals surface area contributed by atoms with Crippen LogP contribution in [-0.2, 0) is 9.57 Å². The lowest BCUT2D eigenvalue weighted by molar-refractivity contribution is 0.498. The van der Waals surface area contributed by atoms with E-state index in [1.807, 2.05) is 0 Å².